The monoisotopic (exact) mass is 492 g/mol. The van der Waals surface area contributed by atoms with Crippen LogP contribution in [-0.2, 0) is 9.31 Å². The van der Waals surface area contributed by atoms with Gasteiger partial charge in [0.2, 0.25) is 0 Å². The Hall–Kier alpha value is -2.36. The normalized spacial score (nSPS) is 25.8. The van der Waals surface area contributed by atoms with Crippen molar-refractivity contribution in [2.75, 3.05) is 0 Å². The molecule has 3 heteroatoms. The Balaban J connectivity index is 1.62. The van der Waals surface area contributed by atoms with E-state index in [1.165, 1.54) is 44.2 Å². The molecule has 2 nitrogen and oxygen atoms in total. The third-order valence-corrected chi connectivity index (χ3v) is 9.36. The zero-order valence-electron chi connectivity index (χ0n) is 24.2. The topological polar surface area (TPSA) is 18.5 Å². The number of allylic oxidation sites excluding steroid dienone is 8. The second kappa shape index (κ2) is 7.61. The number of fused-ring (bicyclic) bond motifs is 2. The van der Waals surface area contributed by atoms with Crippen molar-refractivity contribution in [3.05, 3.63) is 76.9 Å². The van der Waals surface area contributed by atoms with Crippen LogP contribution in [0.3, 0.4) is 0 Å². The Bertz CT molecular complexity index is 1380. The van der Waals surface area contributed by atoms with Gasteiger partial charge in [0.25, 0.3) is 0 Å². The lowest BCUT2D eigenvalue weighted by Crippen LogP contribution is -2.41. The highest BCUT2D eigenvalue weighted by Gasteiger charge is 2.52. The van der Waals surface area contributed by atoms with Crippen molar-refractivity contribution in [3.8, 4) is 0 Å². The van der Waals surface area contributed by atoms with E-state index in [2.05, 4.69) is 124 Å². The Labute approximate surface area is 223 Å². The molecule has 1 aliphatic heterocycles. The molecule has 6 rings (SSSR count). The lowest BCUT2D eigenvalue weighted by Gasteiger charge is -2.42. The molecule has 0 saturated carbocycles. The summed E-state index contributed by atoms with van der Waals surface area (Å²) in [7, 11) is -0.379. The van der Waals surface area contributed by atoms with E-state index < -0.39 is 0 Å². The summed E-state index contributed by atoms with van der Waals surface area (Å²) in [6.45, 7) is 22.5. The average Bonchev–Trinajstić information content (AvgIpc) is 3.01. The van der Waals surface area contributed by atoms with Gasteiger partial charge in [0, 0.05) is 11.8 Å². The summed E-state index contributed by atoms with van der Waals surface area (Å²) in [5.41, 5.74) is 9.06. The first-order chi connectivity index (χ1) is 17.1. The first kappa shape index (κ1) is 25.0. The van der Waals surface area contributed by atoms with Crippen LogP contribution in [0, 0.1) is 22.7 Å². The van der Waals surface area contributed by atoms with Crippen molar-refractivity contribution in [1.29, 1.82) is 0 Å². The highest BCUT2D eigenvalue weighted by atomic mass is 16.7. The SMILES string of the molecule is CC(C)(C)C1=CC2C=C(C(C)(C)C)C=C3c4ccc(B5OC(C)(C)C(C)(C)O5)c5cccc(c45)C(=C1)C32. The molecular weight excluding hydrogens is 451 g/mol. The summed E-state index contributed by atoms with van der Waals surface area (Å²) in [5.74, 6) is 0.729. The van der Waals surface area contributed by atoms with Crippen molar-refractivity contribution in [2.24, 2.45) is 22.7 Å². The van der Waals surface area contributed by atoms with Crippen LogP contribution >= 0.6 is 0 Å². The minimum atomic E-state index is -0.379. The Morgan fingerprint density at radius 1 is 0.703 bits per heavy atom. The summed E-state index contributed by atoms with van der Waals surface area (Å²) >= 11 is 0. The Kier molecular flexibility index (Phi) is 5.13. The molecule has 192 valence electrons. The van der Waals surface area contributed by atoms with Crippen LogP contribution in [0.4, 0.5) is 0 Å². The van der Waals surface area contributed by atoms with Crippen LogP contribution in [0.1, 0.15) is 80.4 Å². The third-order valence-electron chi connectivity index (χ3n) is 9.36. The molecular formula is C34H41BO2. The zero-order valence-corrected chi connectivity index (χ0v) is 24.2. The predicted molar refractivity (Wildman–Crippen MR) is 158 cm³/mol. The van der Waals surface area contributed by atoms with Gasteiger partial charge in [-0.2, -0.15) is 0 Å². The van der Waals surface area contributed by atoms with Crippen molar-refractivity contribution >= 4 is 34.5 Å². The molecule has 37 heavy (non-hydrogen) atoms. The summed E-state index contributed by atoms with van der Waals surface area (Å²) in [4.78, 5) is 0. The van der Waals surface area contributed by atoms with E-state index in [4.69, 9.17) is 9.31 Å². The molecule has 0 N–H and O–H groups in total. The second-order valence-electron chi connectivity index (χ2n) is 14.5. The van der Waals surface area contributed by atoms with Crippen molar-refractivity contribution in [3.63, 3.8) is 0 Å². The van der Waals surface area contributed by atoms with E-state index >= 15 is 0 Å². The van der Waals surface area contributed by atoms with Gasteiger partial charge < -0.3 is 9.31 Å². The van der Waals surface area contributed by atoms with Gasteiger partial charge in [0.1, 0.15) is 0 Å². The van der Waals surface area contributed by atoms with Crippen LogP contribution in [0.2, 0.25) is 0 Å². The number of rotatable bonds is 1. The van der Waals surface area contributed by atoms with Gasteiger partial charge in [-0.25, -0.2) is 0 Å². The smallest absolute Gasteiger partial charge is 0.399 e. The van der Waals surface area contributed by atoms with Gasteiger partial charge in [0.05, 0.1) is 11.2 Å². The number of benzene rings is 2. The maximum Gasteiger partial charge on any atom is 0.495 e. The summed E-state index contributed by atoms with van der Waals surface area (Å²) in [6, 6.07) is 11.4. The molecule has 2 aromatic rings. The molecule has 2 unspecified atom stereocenters. The first-order valence-electron chi connectivity index (χ1n) is 13.9. The van der Waals surface area contributed by atoms with E-state index in [-0.39, 0.29) is 29.2 Å². The fraction of sp³-hybridized carbons (Fsp3) is 0.471. The predicted octanol–water partition coefficient (Wildman–Crippen LogP) is 8.12. The summed E-state index contributed by atoms with van der Waals surface area (Å²) < 4.78 is 13.1. The average molecular weight is 493 g/mol. The standard InChI is InChI=1S/C34H41BO2/c1-31(2,3)21-16-20-17-22(32(4,5)6)19-27-24-14-15-28(35-36-33(7,8)34(9,10)37-35)25-13-11-12-23(30(24)25)26(18-21)29(20)27/h11-20,29H,1-10H3. The van der Waals surface area contributed by atoms with Crippen LogP contribution < -0.4 is 5.46 Å². The maximum atomic E-state index is 6.53. The minimum absolute atomic E-state index is 0.0910. The van der Waals surface area contributed by atoms with Gasteiger partial charge in [-0.3, -0.25) is 0 Å². The van der Waals surface area contributed by atoms with Gasteiger partial charge in [-0.15, -0.1) is 0 Å². The molecule has 0 radical (unpaired) electrons. The van der Waals surface area contributed by atoms with Crippen LogP contribution in [-0.4, -0.2) is 18.3 Å². The molecule has 4 aliphatic rings. The second-order valence-corrected chi connectivity index (χ2v) is 14.5. The quantitative estimate of drug-likeness (QED) is 0.374. The van der Waals surface area contributed by atoms with E-state index in [0.29, 0.717) is 11.8 Å². The highest BCUT2D eigenvalue weighted by molar-refractivity contribution is 6.65. The van der Waals surface area contributed by atoms with Crippen LogP contribution in [0.15, 0.2) is 65.8 Å². The number of hydrogen-bond acceptors (Lipinski definition) is 2. The molecule has 1 fully saturated rings. The van der Waals surface area contributed by atoms with E-state index in [0.717, 1.165) is 5.46 Å². The van der Waals surface area contributed by atoms with Crippen molar-refractivity contribution in [2.45, 2.75) is 80.4 Å². The fourth-order valence-corrected chi connectivity index (χ4v) is 6.36. The van der Waals surface area contributed by atoms with Gasteiger partial charge in [0.15, 0.2) is 0 Å². The fourth-order valence-electron chi connectivity index (χ4n) is 6.36. The van der Waals surface area contributed by atoms with Gasteiger partial charge >= 0.3 is 7.12 Å². The molecule has 0 spiro atoms. The van der Waals surface area contributed by atoms with E-state index in [1.54, 1.807) is 0 Å². The van der Waals surface area contributed by atoms with Crippen LogP contribution in [0.25, 0.3) is 21.9 Å². The summed E-state index contributed by atoms with van der Waals surface area (Å²) in [6.07, 6.45) is 10.1. The largest absolute Gasteiger partial charge is 0.495 e. The lowest BCUT2D eigenvalue weighted by molar-refractivity contribution is 0.00578. The Morgan fingerprint density at radius 3 is 1.73 bits per heavy atom. The molecule has 2 aromatic carbocycles. The van der Waals surface area contributed by atoms with Crippen LogP contribution in [0.5, 0.6) is 0 Å². The first-order valence-corrected chi connectivity index (χ1v) is 13.9. The molecule has 1 heterocycles. The summed E-state index contributed by atoms with van der Waals surface area (Å²) in [5, 5.41) is 2.58. The molecule has 2 atom stereocenters. The van der Waals surface area contributed by atoms with E-state index in [9.17, 15) is 0 Å². The highest BCUT2D eigenvalue weighted by Crippen LogP contribution is 2.56. The molecule has 0 amide bonds. The van der Waals surface area contributed by atoms with Gasteiger partial charge in [-0.1, -0.05) is 96.2 Å². The molecule has 3 aliphatic carbocycles. The molecule has 0 bridgehead atoms. The lowest BCUT2D eigenvalue weighted by atomic mass is 9.60. The number of hydrogen-bond donors (Lipinski definition) is 0. The maximum absolute atomic E-state index is 6.53. The van der Waals surface area contributed by atoms with Crippen molar-refractivity contribution < 1.29 is 9.31 Å². The Morgan fingerprint density at radius 2 is 1.22 bits per heavy atom. The molecule has 1 saturated heterocycles. The minimum Gasteiger partial charge on any atom is -0.399 e. The zero-order chi connectivity index (χ0) is 26.7. The molecule has 0 aromatic heterocycles. The van der Waals surface area contributed by atoms with Gasteiger partial charge in [-0.05, 0) is 88.2 Å². The third kappa shape index (κ3) is 3.68. The van der Waals surface area contributed by atoms with E-state index in [1.807, 2.05) is 0 Å². The van der Waals surface area contributed by atoms with Crippen molar-refractivity contribution in [1.82, 2.24) is 0 Å².